The van der Waals surface area contributed by atoms with E-state index in [9.17, 15) is 4.79 Å². The molecule has 0 aromatic rings. The molecule has 1 aliphatic heterocycles. The quantitative estimate of drug-likeness (QED) is 0.804. The molecule has 1 amide bonds. The third-order valence-corrected chi connectivity index (χ3v) is 3.93. The van der Waals surface area contributed by atoms with Crippen molar-refractivity contribution < 1.29 is 4.79 Å². The molecule has 0 aromatic carbocycles. The van der Waals surface area contributed by atoms with Crippen molar-refractivity contribution in [1.82, 2.24) is 4.90 Å². The van der Waals surface area contributed by atoms with E-state index in [4.69, 9.17) is 5.73 Å². The van der Waals surface area contributed by atoms with E-state index < -0.39 is 0 Å². The van der Waals surface area contributed by atoms with Gasteiger partial charge in [-0.3, -0.25) is 4.79 Å². The number of hydrogen-bond donors (Lipinski definition) is 1. The number of carbonyl (C=O) groups excluding carboxylic acids is 1. The third kappa shape index (κ3) is 4.74. The van der Waals surface area contributed by atoms with Gasteiger partial charge in [-0.1, -0.05) is 27.7 Å². The highest BCUT2D eigenvalue weighted by Crippen LogP contribution is 2.24. The second kappa shape index (κ2) is 5.41. The summed E-state index contributed by atoms with van der Waals surface area (Å²) in [6.07, 6.45) is 1.04. The van der Waals surface area contributed by atoms with Crippen molar-refractivity contribution in [1.29, 1.82) is 0 Å². The molecule has 2 N–H and O–H groups in total. The predicted molar refractivity (Wildman–Crippen MR) is 70.5 cm³/mol. The second-order valence-electron chi connectivity index (χ2n) is 5.80. The highest BCUT2D eigenvalue weighted by molar-refractivity contribution is 8.01. The number of nitrogens with zero attached hydrogens (tertiary/aromatic N) is 1. The van der Waals surface area contributed by atoms with Crippen molar-refractivity contribution in [2.24, 2.45) is 11.7 Å². The Morgan fingerprint density at radius 3 is 2.56 bits per heavy atom. The number of thioether (sulfide) groups is 1. The molecule has 0 radical (unpaired) electrons. The van der Waals surface area contributed by atoms with E-state index in [1.165, 1.54) is 0 Å². The lowest BCUT2D eigenvalue weighted by atomic mass is 9.97. The highest BCUT2D eigenvalue weighted by atomic mass is 32.2. The van der Waals surface area contributed by atoms with Crippen LogP contribution in [-0.4, -0.2) is 40.4 Å². The summed E-state index contributed by atoms with van der Waals surface area (Å²) in [4.78, 5) is 13.9. The molecule has 1 fully saturated rings. The first kappa shape index (κ1) is 13.8. The number of carbonyl (C=O) groups is 1. The first-order valence-electron chi connectivity index (χ1n) is 5.95. The number of hydrogen-bond acceptors (Lipinski definition) is 3. The van der Waals surface area contributed by atoms with E-state index in [2.05, 4.69) is 27.7 Å². The molecular weight excluding hydrogens is 220 g/mol. The van der Waals surface area contributed by atoms with E-state index >= 15 is 0 Å². The van der Waals surface area contributed by atoms with E-state index in [-0.39, 0.29) is 16.7 Å². The maximum absolute atomic E-state index is 12.0. The van der Waals surface area contributed by atoms with Gasteiger partial charge in [-0.15, -0.1) is 11.8 Å². The molecule has 0 spiro atoms. The van der Waals surface area contributed by atoms with Gasteiger partial charge in [-0.25, -0.2) is 0 Å². The Kier molecular flexibility index (Phi) is 4.68. The molecule has 0 bridgehead atoms. The SMILES string of the molecule is CC1CC(N)CN(C(=O)CSC(C)(C)C)C1. The number of nitrogens with two attached hydrogens (primary N) is 1. The first-order valence-corrected chi connectivity index (χ1v) is 6.94. The van der Waals surface area contributed by atoms with E-state index in [0.717, 1.165) is 19.5 Å². The van der Waals surface area contributed by atoms with Gasteiger partial charge >= 0.3 is 0 Å². The molecule has 4 heteroatoms. The topological polar surface area (TPSA) is 46.3 Å². The maximum atomic E-state index is 12.0. The Bertz CT molecular complexity index is 240. The van der Waals surface area contributed by atoms with Crippen LogP contribution in [0.25, 0.3) is 0 Å². The Hall–Kier alpha value is -0.220. The fourth-order valence-electron chi connectivity index (χ4n) is 1.97. The molecule has 1 heterocycles. The summed E-state index contributed by atoms with van der Waals surface area (Å²) in [5.41, 5.74) is 5.93. The van der Waals surface area contributed by atoms with Crippen molar-refractivity contribution in [3.8, 4) is 0 Å². The zero-order valence-electron chi connectivity index (χ0n) is 10.8. The first-order chi connectivity index (χ1) is 7.28. The van der Waals surface area contributed by atoms with Crippen LogP contribution in [0.3, 0.4) is 0 Å². The van der Waals surface area contributed by atoms with Gasteiger partial charge in [0.1, 0.15) is 0 Å². The third-order valence-electron chi connectivity index (χ3n) is 2.67. The number of piperidine rings is 1. The summed E-state index contributed by atoms with van der Waals surface area (Å²) in [6.45, 7) is 10.2. The van der Waals surface area contributed by atoms with Crippen molar-refractivity contribution in [2.45, 2.75) is 44.9 Å². The van der Waals surface area contributed by atoms with Crippen LogP contribution < -0.4 is 5.73 Å². The average molecular weight is 244 g/mol. The van der Waals surface area contributed by atoms with Crippen LogP contribution in [0.2, 0.25) is 0 Å². The van der Waals surface area contributed by atoms with Gasteiger partial charge in [0.2, 0.25) is 5.91 Å². The summed E-state index contributed by atoms with van der Waals surface area (Å²) >= 11 is 1.71. The Balaban J connectivity index is 2.41. The van der Waals surface area contributed by atoms with Gasteiger partial charge in [-0.2, -0.15) is 0 Å². The highest BCUT2D eigenvalue weighted by Gasteiger charge is 2.26. The molecule has 0 aliphatic carbocycles. The van der Waals surface area contributed by atoms with Crippen molar-refractivity contribution in [3.05, 3.63) is 0 Å². The van der Waals surface area contributed by atoms with E-state index in [0.29, 0.717) is 11.7 Å². The minimum Gasteiger partial charge on any atom is -0.340 e. The maximum Gasteiger partial charge on any atom is 0.232 e. The average Bonchev–Trinajstić information content (AvgIpc) is 2.11. The second-order valence-corrected chi connectivity index (χ2v) is 7.60. The van der Waals surface area contributed by atoms with Crippen molar-refractivity contribution in [3.63, 3.8) is 0 Å². The molecule has 0 aromatic heterocycles. The summed E-state index contributed by atoms with van der Waals surface area (Å²) in [6, 6.07) is 0.160. The van der Waals surface area contributed by atoms with Crippen molar-refractivity contribution >= 4 is 17.7 Å². The molecule has 1 rings (SSSR count). The summed E-state index contributed by atoms with van der Waals surface area (Å²) in [5.74, 6) is 1.34. The number of rotatable bonds is 2. The van der Waals surface area contributed by atoms with Gasteiger partial charge in [-0.05, 0) is 12.3 Å². The Labute approximate surface area is 103 Å². The number of likely N-dealkylation sites (tertiary alicyclic amines) is 1. The summed E-state index contributed by atoms with van der Waals surface area (Å²) < 4.78 is 0.152. The molecule has 0 saturated carbocycles. The van der Waals surface area contributed by atoms with Crippen LogP contribution in [0.4, 0.5) is 0 Å². The zero-order valence-corrected chi connectivity index (χ0v) is 11.6. The predicted octanol–water partition coefficient (Wildman–Crippen LogP) is 1.71. The molecule has 1 aliphatic rings. The molecular formula is C12H24N2OS. The van der Waals surface area contributed by atoms with Crippen LogP contribution in [0.5, 0.6) is 0 Å². The Morgan fingerprint density at radius 2 is 2.06 bits per heavy atom. The van der Waals surface area contributed by atoms with Gasteiger partial charge in [0.15, 0.2) is 0 Å². The normalized spacial score (nSPS) is 26.9. The monoisotopic (exact) mass is 244 g/mol. The molecule has 1 saturated heterocycles. The molecule has 3 nitrogen and oxygen atoms in total. The van der Waals surface area contributed by atoms with Crippen LogP contribution in [0, 0.1) is 5.92 Å². The summed E-state index contributed by atoms with van der Waals surface area (Å²) in [5, 5.41) is 0. The summed E-state index contributed by atoms with van der Waals surface area (Å²) in [7, 11) is 0. The lowest BCUT2D eigenvalue weighted by Crippen LogP contribution is -2.49. The lowest BCUT2D eigenvalue weighted by molar-refractivity contribution is -0.130. The number of amides is 1. The van der Waals surface area contributed by atoms with Crippen LogP contribution in [0.1, 0.15) is 34.1 Å². The fourth-order valence-corrected chi connectivity index (χ4v) is 2.71. The van der Waals surface area contributed by atoms with Gasteiger partial charge < -0.3 is 10.6 Å². The smallest absolute Gasteiger partial charge is 0.232 e. The minimum atomic E-state index is 0.152. The molecule has 94 valence electrons. The Morgan fingerprint density at radius 1 is 1.44 bits per heavy atom. The van der Waals surface area contributed by atoms with E-state index in [1.54, 1.807) is 11.8 Å². The largest absolute Gasteiger partial charge is 0.340 e. The molecule has 2 unspecified atom stereocenters. The standard InChI is InChI=1S/C12H24N2OS/c1-9-5-10(13)7-14(6-9)11(15)8-16-12(2,3)4/h9-10H,5-8,13H2,1-4H3. The van der Waals surface area contributed by atoms with Gasteiger partial charge in [0, 0.05) is 23.9 Å². The lowest BCUT2D eigenvalue weighted by Gasteiger charge is -2.35. The zero-order chi connectivity index (χ0) is 12.3. The van der Waals surface area contributed by atoms with Crippen LogP contribution >= 0.6 is 11.8 Å². The molecule has 16 heavy (non-hydrogen) atoms. The molecule has 2 atom stereocenters. The van der Waals surface area contributed by atoms with Crippen LogP contribution in [0.15, 0.2) is 0 Å². The van der Waals surface area contributed by atoms with E-state index in [1.807, 2.05) is 4.90 Å². The fraction of sp³-hybridized carbons (Fsp3) is 0.917. The van der Waals surface area contributed by atoms with Crippen LogP contribution in [-0.2, 0) is 4.79 Å². The minimum absolute atomic E-state index is 0.152. The van der Waals surface area contributed by atoms with Crippen molar-refractivity contribution in [2.75, 3.05) is 18.8 Å². The van der Waals surface area contributed by atoms with Gasteiger partial charge in [0.25, 0.3) is 0 Å². The van der Waals surface area contributed by atoms with Gasteiger partial charge in [0.05, 0.1) is 5.75 Å².